The molecule has 2 heterocycles. The summed E-state index contributed by atoms with van der Waals surface area (Å²) in [6.45, 7) is 0. The average molecular weight is 421 g/mol. The van der Waals surface area contributed by atoms with Gasteiger partial charge in [0.1, 0.15) is 23.1 Å². The van der Waals surface area contributed by atoms with Crippen LogP contribution >= 0.6 is 23.2 Å². The summed E-state index contributed by atoms with van der Waals surface area (Å²) in [4.78, 5) is 32.3. The first-order valence-electron chi connectivity index (χ1n) is 8.25. The molecule has 2 aromatic carbocycles. The summed E-state index contributed by atoms with van der Waals surface area (Å²) >= 11 is 12.2. The van der Waals surface area contributed by atoms with Gasteiger partial charge in [-0.1, -0.05) is 28.4 Å². The quantitative estimate of drug-likeness (QED) is 0.709. The van der Waals surface area contributed by atoms with Crippen molar-refractivity contribution in [2.75, 3.05) is 19.1 Å². The fourth-order valence-corrected chi connectivity index (χ4v) is 3.67. The molecule has 2 aliphatic heterocycles. The maximum Gasteiger partial charge on any atom is 0.279 e. The van der Waals surface area contributed by atoms with Gasteiger partial charge in [0.15, 0.2) is 0 Å². The van der Waals surface area contributed by atoms with E-state index in [2.05, 4.69) is 5.16 Å². The van der Waals surface area contributed by atoms with Gasteiger partial charge in [0.05, 0.1) is 24.9 Å². The number of nitrogens with zero attached hydrogens (tertiary/aromatic N) is 2. The van der Waals surface area contributed by atoms with Crippen LogP contribution in [-0.2, 0) is 14.4 Å². The first kappa shape index (κ1) is 18.6. The molecule has 9 heteroatoms. The van der Waals surface area contributed by atoms with Crippen LogP contribution in [0.3, 0.4) is 0 Å². The van der Waals surface area contributed by atoms with E-state index in [-0.39, 0.29) is 10.7 Å². The fraction of sp³-hybridized carbons (Fsp3) is 0.211. The first-order chi connectivity index (χ1) is 13.5. The van der Waals surface area contributed by atoms with Gasteiger partial charge in [-0.3, -0.25) is 9.59 Å². The zero-order valence-corrected chi connectivity index (χ0v) is 16.3. The third kappa shape index (κ3) is 2.78. The lowest BCUT2D eigenvalue weighted by Crippen LogP contribution is -2.33. The highest BCUT2D eigenvalue weighted by Crippen LogP contribution is 2.40. The van der Waals surface area contributed by atoms with Crippen LogP contribution in [0.25, 0.3) is 0 Å². The average Bonchev–Trinajstić information content (AvgIpc) is 3.23. The number of ether oxygens (including phenoxy) is 2. The molecule has 2 aromatic rings. The summed E-state index contributed by atoms with van der Waals surface area (Å²) in [6.07, 6.45) is -1.07. The number of rotatable bonds is 4. The minimum absolute atomic E-state index is 0.211. The highest BCUT2D eigenvalue weighted by Gasteiger charge is 2.56. The molecular weight excluding hydrogens is 407 g/mol. The number of carbonyl (C=O) groups excluding carboxylic acids is 2. The molecule has 0 bridgehead atoms. The number of oxime groups is 1. The van der Waals surface area contributed by atoms with E-state index in [1.807, 2.05) is 0 Å². The second-order valence-electron chi connectivity index (χ2n) is 6.15. The SMILES string of the molecule is COc1ccc(C2=NO[C@@H]3C(=O)N(c4cc(Cl)ccc4Cl)C(=O)[C@H]23)c(OC)c1. The molecule has 28 heavy (non-hydrogen) atoms. The molecule has 0 radical (unpaired) electrons. The fourth-order valence-electron chi connectivity index (χ4n) is 3.31. The summed E-state index contributed by atoms with van der Waals surface area (Å²) in [5.74, 6) is -0.928. The third-order valence-corrected chi connectivity index (χ3v) is 5.20. The Morgan fingerprint density at radius 2 is 1.82 bits per heavy atom. The van der Waals surface area contributed by atoms with E-state index >= 15 is 0 Å². The summed E-state index contributed by atoms with van der Waals surface area (Å²) in [5.41, 5.74) is 1.06. The number of anilines is 1. The first-order valence-corrected chi connectivity index (χ1v) is 9.01. The number of amides is 2. The number of fused-ring (bicyclic) bond motifs is 1. The number of carbonyl (C=O) groups is 2. The maximum atomic E-state index is 13.1. The second-order valence-corrected chi connectivity index (χ2v) is 7.00. The van der Waals surface area contributed by atoms with E-state index in [0.29, 0.717) is 27.8 Å². The van der Waals surface area contributed by atoms with Gasteiger partial charge < -0.3 is 14.3 Å². The summed E-state index contributed by atoms with van der Waals surface area (Å²) in [6, 6.07) is 9.64. The zero-order valence-electron chi connectivity index (χ0n) is 14.8. The lowest BCUT2D eigenvalue weighted by molar-refractivity contribution is -0.126. The van der Waals surface area contributed by atoms with Crippen molar-refractivity contribution in [3.63, 3.8) is 0 Å². The van der Waals surface area contributed by atoms with Crippen LogP contribution in [0, 0.1) is 5.92 Å². The lowest BCUT2D eigenvalue weighted by Gasteiger charge is -2.17. The van der Waals surface area contributed by atoms with E-state index in [9.17, 15) is 9.59 Å². The van der Waals surface area contributed by atoms with Crippen molar-refractivity contribution < 1.29 is 23.9 Å². The van der Waals surface area contributed by atoms with E-state index in [4.69, 9.17) is 37.5 Å². The topological polar surface area (TPSA) is 77.4 Å². The Labute approximate surface area is 170 Å². The van der Waals surface area contributed by atoms with E-state index in [1.165, 1.54) is 26.4 Å². The van der Waals surface area contributed by atoms with Crippen LogP contribution in [0.15, 0.2) is 41.6 Å². The van der Waals surface area contributed by atoms with Crippen LogP contribution in [0.1, 0.15) is 5.56 Å². The van der Waals surface area contributed by atoms with Crippen molar-refractivity contribution in [2.45, 2.75) is 6.10 Å². The van der Waals surface area contributed by atoms with E-state index < -0.39 is 23.8 Å². The normalized spacial score (nSPS) is 20.7. The molecule has 0 aliphatic carbocycles. The molecule has 1 saturated heterocycles. The van der Waals surface area contributed by atoms with Crippen LogP contribution in [-0.4, -0.2) is 37.8 Å². The molecule has 0 N–H and O–H groups in total. The summed E-state index contributed by atoms with van der Waals surface area (Å²) < 4.78 is 10.6. The number of halogens is 2. The van der Waals surface area contributed by atoms with Gasteiger partial charge in [0, 0.05) is 16.7 Å². The van der Waals surface area contributed by atoms with Crippen molar-refractivity contribution in [1.82, 2.24) is 0 Å². The van der Waals surface area contributed by atoms with Crippen molar-refractivity contribution in [3.8, 4) is 11.5 Å². The minimum atomic E-state index is -1.07. The maximum absolute atomic E-state index is 13.1. The van der Waals surface area contributed by atoms with Crippen molar-refractivity contribution >= 4 is 46.4 Å². The molecule has 0 aromatic heterocycles. The smallest absolute Gasteiger partial charge is 0.279 e. The highest BCUT2D eigenvalue weighted by atomic mass is 35.5. The van der Waals surface area contributed by atoms with E-state index in [0.717, 1.165) is 4.90 Å². The number of benzene rings is 2. The molecule has 2 atom stereocenters. The second kappa shape index (κ2) is 7.00. The molecule has 4 rings (SSSR count). The minimum Gasteiger partial charge on any atom is -0.497 e. The number of hydrogen-bond donors (Lipinski definition) is 0. The monoisotopic (exact) mass is 420 g/mol. The molecule has 144 valence electrons. The van der Waals surface area contributed by atoms with Crippen molar-refractivity contribution in [1.29, 1.82) is 0 Å². The van der Waals surface area contributed by atoms with Gasteiger partial charge in [-0.05, 0) is 30.3 Å². The van der Waals surface area contributed by atoms with E-state index in [1.54, 1.807) is 24.3 Å². The summed E-state index contributed by atoms with van der Waals surface area (Å²) in [7, 11) is 3.03. The van der Waals surface area contributed by atoms with Gasteiger partial charge in [-0.15, -0.1) is 0 Å². The Bertz CT molecular complexity index is 1020. The molecule has 2 aliphatic rings. The van der Waals surface area contributed by atoms with Crippen molar-refractivity contribution in [3.05, 3.63) is 52.0 Å². The lowest BCUT2D eigenvalue weighted by atomic mass is 9.93. The predicted molar refractivity (Wildman–Crippen MR) is 103 cm³/mol. The Balaban J connectivity index is 1.74. The molecule has 0 spiro atoms. The Morgan fingerprint density at radius 1 is 1.04 bits per heavy atom. The Hall–Kier alpha value is -2.77. The van der Waals surface area contributed by atoms with Crippen LogP contribution in [0.4, 0.5) is 5.69 Å². The van der Waals surface area contributed by atoms with Crippen LogP contribution in [0.2, 0.25) is 10.0 Å². The largest absolute Gasteiger partial charge is 0.497 e. The molecule has 0 unspecified atom stereocenters. The van der Waals surface area contributed by atoms with Crippen LogP contribution in [0.5, 0.6) is 11.5 Å². The summed E-state index contributed by atoms with van der Waals surface area (Å²) in [5, 5.41) is 4.57. The Morgan fingerprint density at radius 3 is 2.54 bits per heavy atom. The standard InChI is InChI=1S/C19H14Cl2N2O5/c1-26-10-4-5-11(14(8-10)27-2)16-15-17(28-22-16)19(25)23(18(15)24)13-7-9(20)3-6-12(13)21/h3-8,15,17H,1-2H3/t15-,17+/m1/s1. The molecule has 7 nitrogen and oxygen atoms in total. The predicted octanol–water partition coefficient (Wildman–Crippen LogP) is 3.30. The zero-order chi connectivity index (χ0) is 20.0. The van der Waals surface area contributed by atoms with Crippen LogP contribution < -0.4 is 14.4 Å². The van der Waals surface area contributed by atoms with Gasteiger partial charge in [0.2, 0.25) is 12.0 Å². The molecule has 0 saturated carbocycles. The van der Waals surface area contributed by atoms with Gasteiger partial charge in [0.25, 0.3) is 5.91 Å². The Kier molecular flexibility index (Phi) is 4.64. The number of methoxy groups -OCH3 is 2. The van der Waals surface area contributed by atoms with Gasteiger partial charge in [-0.2, -0.15) is 0 Å². The number of hydrogen-bond acceptors (Lipinski definition) is 6. The van der Waals surface area contributed by atoms with Crippen molar-refractivity contribution in [2.24, 2.45) is 11.1 Å². The third-order valence-electron chi connectivity index (χ3n) is 4.65. The number of imide groups is 1. The van der Waals surface area contributed by atoms with Gasteiger partial charge in [-0.25, -0.2) is 4.90 Å². The highest BCUT2D eigenvalue weighted by molar-refractivity contribution is 6.39. The molecule has 1 fully saturated rings. The molecule has 2 amide bonds. The van der Waals surface area contributed by atoms with Gasteiger partial charge >= 0.3 is 0 Å². The molecular formula is C19H14Cl2N2O5.